The lowest BCUT2D eigenvalue weighted by atomic mass is 9.94. The second-order valence-corrected chi connectivity index (χ2v) is 7.33. The molecule has 0 bridgehead atoms. The van der Waals surface area contributed by atoms with Gasteiger partial charge in [0.2, 0.25) is 0 Å². The van der Waals surface area contributed by atoms with Gasteiger partial charge in [0.15, 0.2) is 11.5 Å². The number of hydrogen-bond donors (Lipinski definition) is 3. The maximum absolute atomic E-state index is 11.0. The molecule has 2 rings (SSSR count). The van der Waals surface area contributed by atoms with E-state index in [-0.39, 0.29) is 12.0 Å². The van der Waals surface area contributed by atoms with Gasteiger partial charge in [-0.2, -0.15) is 0 Å². The molecule has 0 aliphatic rings. The maximum atomic E-state index is 11.0. The van der Waals surface area contributed by atoms with Crippen molar-refractivity contribution in [3.05, 3.63) is 52.5 Å². The standard InChI is InChI=1S/C20H26ClNO4/c1-20(2,12-23)11-22-16-9-8-13(21)10-15(16)18(24)14-6-5-7-17(25-3)19(14)26-4/h5-10,18,22-24H,11-12H2,1-4H3. The van der Waals surface area contributed by atoms with Gasteiger partial charge in [0.05, 0.1) is 14.2 Å². The van der Waals surface area contributed by atoms with Crippen LogP contribution in [0.4, 0.5) is 5.69 Å². The summed E-state index contributed by atoms with van der Waals surface area (Å²) in [5.74, 6) is 1.02. The Labute approximate surface area is 159 Å². The molecular weight excluding hydrogens is 354 g/mol. The van der Waals surface area contributed by atoms with Crippen molar-refractivity contribution < 1.29 is 19.7 Å². The van der Waals surface area contributed by atoms with Crippen LogP contribution in [-0.4, -0.2) is 37.6 Å². The van der Waals surface area contributed by atoms with Crippen molar-refractivity contribution >= 4 is 17.3 Å². The Hall–Kier alpha value is -1.95. The van der Waals surface area contributed by atoms with E-state index in [0.717, 1.165) is 5.69 Å². The Morgan fingerprint density at radius 2 is 1.85 bits per heavy atom. The normalized spacial score (nSPS) is 12.6. The predicted molar refractivity (Wildman–Crippen MR) is 104 cm³/mol. The SMILES string of the molecule is COc1cccc(C(O)c2cc(Cl)ccc2NCC(C)(C)CO)c1OC. The molecule has 26 heavy (non-hydrogen) atoms. The number of aliphatic hydroxyl groups excluding tert-OH is 2. The van der Waals surface area contributed by atoms with Crippen molar-refractivity contribution in [2.45, 2.75) is 20.0 Å². The summed E-state index contributed by atoms with van der Waals surface area (Å²) in [7, 11) is 3.09. The number of benzene rings is 2. The monoisotopic (exact) mass is 379 g/mol. The number of nitrogens with one attached hydrogen (secondary N) is 1. The highest BCUT2D eigenvalue weighted by Crippen LogP contribution is 2.39. The molecule has 3 N–H and O–H groups in total. The van der Waals surface area contributed by atoms with E-state index in [0.29, 0.717) is 34.2 Å². The molecule has 2 aromatic carbocycles. The lowest BCUT2D eigenvalue weighted by Crippen LogP contribution is -2.27. The first-order valence-electron chi connectivity index (χ1n) is 8.36. The van der Waals surface area contributed by atoms with E-state index in [2.05, 4.69) is 5.32 Å². The van der Waals surface area contributed by atoms with Crippen LogP contribution in [0.25, 0.3) is 0 Å². The van der Waals surface area contributed by atoms with Gasteiger partial charge < -0.3 is 25.0 Å². The number of halogens is 1. The topological polar surface area (TPSA) is 71.0 Å². The van der Waals surface area contributed by atoms with Crippen LogP contribution in [0.5, 0.6) is 11.5 Å². The van der Waals surface area contributed by atoms with E-state index in [1.807, 2.05) is 19.9 Å². The van der Waals surface area contributed by atoms with Gasteiger partial charge in [-0.3, -0.25) is 0 Å². The number of para-hydroxylation sites is 1. The Kier molecular flexibility index (Phi) is 6.75. The van der Waals surface area contributed by atoms with Crippen LogP contribution < -0.4 is 14.8 Å². The molecule has 1 unspecified atom stereocenters. The number of hydrogen-bond acceptors (Lipinski definition) is 5. The number of methoxy groups -OCH3 is 2. The van der Waals surface area contributed by atoms with E-state index in [4.69, 9.17) is 21.1 Å². The summed E-state index contributed by atoms with van der Waals surface area (Å²) in [6, 6.07) is 10.7. The predicted octanol–water partition coefficient (Wildman–Crippen LogP) is 3.87. The zero-order chi connectivity index (χ0) is 19.3. The van der Waals surface area contributed by atoms with Gasteiger partial charge in [0, 0.05) is 40.4 Å². The summed E-state index contributed by atoms with van der Waals surface area (Å²) < 4.78 is 10.8. The van der Waals surface area contributed by atoms with Crippen LogP contribution in [0.3, 0.4) is 0 Å². The second kappa shape index (κ2) is 8.62. The summed E-state index contributed by atoms with van der Waals surface area (Å²) in [5.41, 5.74) is 1.65. The zero-order valence-corrected chi connectivity index (χ0v) is 16.3. The van der Waals surface area contributed by atoms with E-state index in [9.17, 15) is 10.2 Å². The first-order valence-corrected chi connectivity index (χ1v) is 8.74. The minimum absolute atomic E-state index is 0.0508. The number of aliphatic hydroxyl groups is 2. The molecule has 0 spiro atoms. The molecular formula is C20H26ClNO4. The molecule has 0 saturated carbocycles. The van der Waals surface area contributed by atoms with Gasteiger partial charge in [-0.15, -0.1) is 0 Å². The van der Waals surface area contributed by atoms with Gasteiger partial charge in [-0.25, -0.2) is 0 Å². The Bertz CT molecular complexity index is 749. The number of rotatable bonds is 8. The third-order valence-corrected chi connectivity index (χ3v) is 4.46. The largest absolute Gasteiger partial charge is 0.493 e. The first-order chi connectivity index (χ1) is 12.3. The smallest absolute Gasteiger partial charge is 0.166 e. The lowest BCUT2D eigenvalue weighted by Gasteiger charge is -2.25. The molecule has 0 heterocycles. The summed E-state index contributed by atoms with van der Waals surface area (Å²) in [6.07, 6.45) is -0.960. The third-order valence-electron chi connectivity index (χ3n) is 4.22. The Balaban J connectivity index is 2.43. The fraction of sp³-hybridized carbons (Fsp3) is 0.400. The summed E-state index contributed by atoms with van der Waals surface area (Å²) in [6.45, 7) is 4.50. The highest BCUT2D eigenvalue weighted by Gasteiger charge is 2.23. The van der Waals surface area contributed by atoms with Crippen molar-refractivity contribution in [3.63, 3.8) is 0 Å². The van der Waals surface area contributed by atoms with Gasteiger partial charge in [-0.05, 0) is 24.3 Å². The van der Waals surface area contributed by atoms with Gasteiger partial charge in [0.25, 0.3) is 0 Å². The van der Waals surface area contributed by atoms with Crippen molar-refractivity contribution in [2.75, 3.05) is 32.7 Å². The quantitative estimate of drug-likeness (QED) is 0.649. The average molecular weight is 380 g/mol. The molecule has 2 aromatic rings. The van der Waals surface area contributed by atoms with Crippen molar-refractivity contribution in [1.29, 1.82) is 0 Å². The van der Waals surface area contributed by atoms with Gasteiger partial charge >= 0.3 is 0 Å². The van der Waals surface area contributed by atoms with Crippen molar-refractivity contribution in [2.24, 2.45) is 5.41 Å². The molecule has 0 radical (unpaired) electrons. The Morgan fingerprint density at radius 1 is 1.12 bits per heavy atom. The minimum Gasteiger partial charge on any atom is -0.493 e. The molecule has 0 aliphatic carbocycles. The van der Waals surface area contributed by atoms with Crippen LogP contribution in [-0.2, 0) is 0 Å². The number of anilines is 1. The molecule has 1 atom stereocenters. The molecule has 0 amide bonds. The van der Waals surface area contributed by atoms with Crippen LogP contribution in [0.15, 0.2) is 36.4 Å². The molecule has 0 saturated heterocycles. The lowest BCUT2D eigenvalue weighted by molar-refractivity contribution is 0.170. The fourth-order valence-corrected chi connectivity index (χ4v) is 2.79. The summed E-state index contributed by atoms with van der Waals surface area (Å²) >= 11 is 6.16. The van der Waals surface area contributed by atoms with Crippen molar-refractivity contribution in [3.8, 4) is 11.5 Å². The zero-order valence-electron chi connectivity index (χ0n) is 15.5. The number of ether oxygens (including phenoxy) is 2. The van der Waals surface area contributed by atoms with Crippen LogP contribution in [0.2, 0.25) is 5.02 Å². The molecule has 142 valence electrons. The average Bonchev–Trinajstić information content (AvgIpc) is 2.65. The molecule has 0 aliphatic heterocycles. The highest BCUT2D eigenvalue weighted by atomic mass is 35.5. The third kappa shape index (κ3) is 4.61. The van der Waals surface area contributed by atoms with Crippen LogP contribution in [0, 0.1) is 5.41 Å². The summed E-state index contributed by atoms with van der Waals surface area (Å²) in [5, 5.41) is 24.3. The Morgan fingerprint density at radius 3 is 2.46 bits per heavy atom. The van der Waals surface area contributed by atoms with Gasteiger partial charge in [0.1, 0.15) is 6.10 Å². The highest BCUT2D eigenvalue weighted by molar-refractivity contribution is 6.30. The van der Waals surface area contributed by atoms with Crippen molar-refractivity contribution in [1.82, 2.24) is 0 Å². The maximum Gasteiger partial charge on any atom is 0.166 e. The van der Waals surface area contributed by atoms with E-state index < -0.39 is 6.10 Å². The molecule has 5 nitrogen and oxygen atoms in total. The second-order valence-electron chi connectivity index (χ2n) is 6.89. The first kappa shape index (κ1) is 20.4. The molecule has 0 aromatic heterocycles. The summed E-state index contributed by atoms with van der Waals surface area (Å²) in [4.78, 5) is 0. The fourth-order valence-electron chi connectivity index (χ4n) is 2.61. The van der Waals surface area contributed by atoms with Crippen LogP contribution >= 0.6 is 11.6 Å². The molecule has 0 fully saturated rings. The van der Waals surface area contributed by atoms with Gasteiger partial charge in [-0.1, -0.05) is 37.6 Å². The minimum atomic E-state index is -0.960. The van der Waals surface area contributed by atoms with E-state index in [1.54, 1.807) is 37.4 Å². The van der Waals surface area contributed by atoms with Crippen LogP contribution in [0.1, 0.15) is 31.1 Å². The van der Waals surface area contributed by atoms with E-state index in [1.165, 1.54) is 7.11 Å². The molecule has 6 heteroatoms. The van der Waals surface area contributed by atoms with E-state index >= 15 is 0 Å².